The van der Waals surface area contributed by atoms with Crippen LogP contribution in [-0.4, -0.2) is 42.2 Å². The molecule has 1 unspecified atom stereocenters. The highest BCUT2D eigenvalue weighted by molar-refractivity contribution is 5.77. The Hall–Kier alpha value is -2.06. The summed E-state index contributed by atoms with van der Waals surface area (Å²) >= 11 is 0. The SMILES string of the molecule is CC(O)CN(C)C(=O)COc1ccccc1C#N. The lowest BCUT2D eigenvalue weighted by atomic mass is 10.2. The molecule has 0 aliphatic carbocycles. The Morgan fingerprint density at radius 2 is 2.22 bits per heavy atom. The normalized spacial score (nSPS) is 11.4. The van der Waals surface area contributed by atoms with Crippen LogP contribution in [0.15, 0.2) is 24.3 Å². The molecule has 0 saturated carbocycles. The van der Waals surface area contributed by atoms with E-state index in [-0.39, 0.29) is 19.1 Å². The van der Waals surface area contributed by atoms with Crippen LogP contribution < -0.4 is 4.74 Å². The summed E-state index contributed by atoms with van der Waals surface area (Å²) in [5, 5.41) is 18.0. The molecule has 5 nitrogen and oxygen atoms in total. The van der Waals surface area contributed by atoms with Crippen LogP contribution in [0.2, 0.25) is 0 Å². The second kappa shape index (κ2) is 6.62. The van der Waals surface area contributed by atoms with Gasteiger partial charge in [0.2, 0.25) is 0 Å². The minimum absolute atomic E-state index is 0.151. The molecule has 5 heteroatoms. The molecular weight excluding hydrogens is 232 g/mol. The first kappa shape index (κ1) is 14.0. The predicted octanol–water partition coefficient (Wildman–Crippen LogP) is 0.776. The standard InChI is InChI=1S/C13H16N2O3/c1-10(16)8-15(2)13(17)9-18-12-6-4-3-5-11(12)7-14/h3-6,10,16H,8-9H2,1-2H3. The number of benzene rings is 1. The third-order valence-corrected chi connectivity index (χ3v) is 2.32. The Bertz CT molecular complexity index is 452. The van der Waals surface area contributed by atoms with E-state index in [2.05, 4.69) is 0 Å². The summed E-state index contributed by atoms with van der Waals surface area (Å²) in [6, 6.07) is 8.72. The number of hydrogen-bond donors (Lipinski definition) is 1. The number of hydrogen-bond acceptors (Lipinski definition) is 4. The zero-order valence-electron chi connectivity index (χ0n) is 10.5. The number of likely N-dealkylation sites (N-methyl/N-ethyl adjacent to an activating group) is 1. The third kappa shape index (κ3) is 4.07. The molecule has 18 heavy (non-hydrogen) atoms. The fourth-order valence-corrected chi connectivity index (χ4v) is 1.43. The van der Waals surface area contributed by atoms with Crippen LogP contribution in [0.3, 0.4) is 0 Å². The molecule has 0 saturated heterocycles. The quantitative estimate of drug-likeness (QED) is 0.835. The molecule has 96 valence electrons. The van der Waals surface area contributed by atoms with Crippen molar-refractivity contribution in [2.45, 2.75) is 13.0 Å². The zero-order chi connectivity index (χ0) is 13.5. The topological polar surface area (TPSA) is 73.6 Å². The van der Waals surface area contributed by atoms with Crippen LogP contribution in [0.25, 0.3) is 0 Å². The van der Waals surface area contributed by atoms with E-state index in [1.165, 1.54) is 4.90 Å². The molecule has 0 aliphatic rings. The number of rotatable bonds is 5. The van der Waals surface area contributed by atoms with Gasteiger partial charge in [0, 0.05) is 13.6 Å². The summed E-state index contributed by atoms with van der Waals surface area (Å²) in [6.45, 7) is 1.71. The van der Waals surface area contributed by atoms with E-state index in [1.54, 1.807) is 38.2 Å². The van der Waals surface area contributed by atoms with Gasteiger partial charge in [-0.05, 0) is 19.1 Å². The lowest BCUT2D eigenvalue weighted by Crippen LogP contribution is -2.36. The summed E-state index contributed by atoms with van der Waals surface area (Å²) in [5.74, 6) is 0.141. The van der Waals surface area contributed by atoms with Crippen molar-refractivity contribution >= 4 is 5.91 Å². The Balaban J connectivity index is 2.55. The summed E-state index contributed by atoms with van der Waals surface area (Å²) in [7, 11) is 1.59. The van der Waals surface area contributed by atoms with Gasteiger partial charge in [-0.2, -0.15) is 5.26 Å². The van der Waals surface area contributed by atoms with Crippen LogP contribution in [-0.2, 0) is 4.79 Å². The van der Waals surface area contributed by atoms with Gasteiger partial charge >= 0.3 is 0 Å². The summed E-state index contributed by atoms with van der Waals surface area (Å²) in [5.41, 5.74) is 0.392. The molecule has 0 bridgehead atoms. The van der Waals surface area contributed by atoms with E-state index in [9.17, 15) is 4.79 Å². The largest absolute Gasteiger partial charge is 0.482 e. The fourth-order valence-electron chi connectivity index (χ4n) is 1.43. The van der Waals surface area contributed by atoms with Crippen molar-refractivity contribution in [3.63, 3.8) is 0 Å². The van der Waals surface area contributed by atoms with Crippen LogP contribution in [0, 0.1) is 11.3 Å². The van der Waals surface area contributed by atoms with Crippen molar-refractivity contribution in [2.75, 3.05) is 20.2 Å². The lowest BCUT2D eigenvalue weighted by Gasteiger charge is -2.19. The lowest BCUT2D eigenvalue weighted by molar-refractivity contribution is -0.133. The van der Waals surface area contributed by atoms with E-state index in [4.69, 9.17) is 15.1 Å². The first-order chi connectivity index (χ1) is 8.54. The van der Waals surface area contributed by atoms with Crippen LogP contribution in [0.5, 0.6) is 5.75 Å². The predicted molar refractivity (Wildman–Crippen MR) is 66.0 cm³/mol. The highest BCUT2D eigenvalue weighted by Gasteiger charge is 2.12. The van der Waals surface area contributed by atoms with Crippen LogP contribution >= 0.6 is 0 Å². The number of aliphatic hydroxyl groups is 1. The number of amides is 1. The molecule has 0 spiro atoms. The number of nitriles is 1. The smallest absolute Gasteiger partial charge is 0.260 e. The molecule has 1 N–H and O–H groups in total. The maximum atomic E-state index is 11.7. The van der Waals surface area contributed by atoms with E-state index >= 15 is 0 Å². The highest BCUT2D eigenvalue weighted by Crippen LogP contribution is 2.16. The van der Waals surface area contributed by atoms with Gasteiger partial charge in [-0.25, -0.2) is 0 Å². The van der Waals surface area contributed by atoms with Gasteiger partial charge in [0.1, 0.15) is 11.8 Å². The van der Waals surface area contributed by atoms with Gasteiger partial charge in [-0.3, -0.25) is 4.79 Å². The monoisotopic (exact) mass is 248 g/mol. The Morgan fingerprint density at radius 1 is 1.56 bits per heavy atom. The molecule has 0 aliphatic heterocycles. The van der Waals surface area contributed by atoms with Crippen molar-refractivity contribution in [2.24, 2.45) is 0 Å². The van der Waals surface area contributed by atoms with Crippen molar-refractivity contribution in [3.8, 4) is 11.8 Å². The summed E-state index contributed by atoms with van der Waals surface area (Å²) in [4.78, 5) is 13.0. The van der Waals surface area contributed by atoms with Crippen LogP contribution in [0.4, 0.5) is 0 Å². The Morgan fingerprint density at radius 3 is 2.83 bits per heavy atom. The first-order valence-corrected chi connectivity index (χ1v) is 5.58. The van der Waals surface area contributed by atoms with Gasteiger partial charge in [0.25, 0.3) is 5.91 Å². The maximum absolute atomic E-state index is 11.7. The average molecular weight is 248 g/mol. The average Bonchev–Trinajstić information content (AvgIpc) is 2.35. The van der Waals surface area contributed by atoms with Crippen molar-refractivity contribution in [3.05, 3.63) is 29.8 Å². The van der Waals surface area contributed by atoms with E-state index in [0.29, 0.717) is 11.3 Å². The van der Waals surface area contributed by atoms with Gasteiger partial charge in [-0.1, -0.05) is 12.1 Å². The van der Waals surface area contributed by atoms with Crippen molar-refractivity contribution in [1.82, 2.24) is 4.90 Å². The van der Waals surface area contributed by atoms with E-state index in [1.807, 2.05) is 6.07 Å². The molecule has 1 rings (SSSR count). The molecule has 1 atom stereocenters. The second-order valence-electron chi connectivity index (χ2n) is 4.02. The maximum Gasteiger partial charge on any atom is 0.260 e. The molecule has 0 heterocycles. The number of carbonyl (C=O) groups is 1. The van der Waals surface area contributed by atoms with E-state index in [0.717, 1.165) is 0 Å². The molecule has 1 amide bonds. The summed E-state index contributed by atoms with van der Waals surface area (Å²) < 4.78 is 5.30. The van der Waals surface area contributed by atoms with E-state index < -0.39 is 6.10 Å². The molecule has 1 aromatic rings. The van der Waals surface area contributed by atoms with Gasteiger partial charge < -0.3 is 14.7 Å². The Kier molecular flexibility index (Phi) is 5.15. The molecule has 0 fully saturated rings. The highest BCUT2D eigenvalue weighted by atomic mass is 16.5. The second-order valence-corrected chi connectivity index (χ2v) is 4.02. The Labute approximate surface area is 106 Å². The first-order valence-electron chi connectivity index (χ1n) is 5.58. The molecular formula is C13H16N2O3. The summed E-state index contributed by atoms with van der Waals surface area (Å²) in [6.07, 6.45) is -0.578. The van der Waals surface area contributed by atoms with Crippen molar-refractivity contribution < 1.29 is 14.6 Å². The third-order valence-electron chi connectivity index (χ3n) is 2.32. The fraction of sp³-hybridized carbons (Fsp3) is 0.385. The molecule has 0 aromatic heterocycles. The number of aliphatic hydroxyl groups excluding tert-OH is 1. The zero-order valence-corrected chi connectivity index (χ0v) is 10.5. The number of ether oxygens (including phenoxy) is 1. The number of carbonyl (C=O) groups excluding carboxylic acids is 1. The minimum Gasteiger partial charge on any atom is -0.482 e. The molecule has 0 radical (unpaired) electrons. The van der Waals surface area contributed by atoms with Crippen LogP contribution in [0.1, 0.15) is 12.5 Å². The van der Waals surface area contributed by atoms with Crippen molar-refractivity contribution in [1.29, 1.82) is 5.26 Å². The van der Waals surface area contributed by atoms with Gasteiger partial charge in [0.15, 0.2) is 6.61 Å². The number of para-hydroxylation sites is 1. The number of nitrogens with zero attached hydrogens (tertiary/aromatic N) is 2. The van der Waals surface area contributed by atoms with Gasteiger partial charge in [0.05, 0.1) is 11.7 Å². The van der Waals surface area contributed by atoms with Gasteiger partial charge in [-0.15, -0.1) is 0 Å². The molecule has 1 aromatic carbocycles. The minimum atomic E-state index is -0.578.